The van der Waals surface area contributed by atoms with E-state index in [4.69, 9.17) is 15.2 Å². The molecule has 0 aliphatic rings. The molecule has 0 heterocycles. The topological polar surface area (TPSA) is 89.8 Å². The summed E-state index contributed by atoms with van der Waals surface area (Å²) in [5, 5.41) is 29.8. The van der Waals surface area contributed by atoms with E-state index in [9.17, 15) is 4.79 Å². The van der Waals surface area contributed by atoms with Crippen molar-refractivity contribution in [2.45, 2.75) is 13.5 Å². The van der Waals surface area contributed by atoms with Crippen LogP contribution in [0.2, 0.25) is 0 Å². The largest absolute Gasteiger partial charge is 0.488 e. The average molecular weight is 235 g/mol. The molecule has 4 N–H and O–H groups in total. The van der Waals surface area contributed by atoms with Crippen molar-refractivity contribution in [3.63, 3.8) is 0 Å². The lowest BCUT2D eigenvalue weighted by Gasteiger charge is -2.10. The number of aliphatic hydroxyl groups is 1. The van der Waals surface area contributed by atoms with Crippen molar-refractivity contribution in [2.75, 3.05) is 5.32 Å². The molecule has 0 aromatic heterocycles. The molecule has 0 unspecified atom stereocenters. The number of hydrogen-bond acceptors (Lipinski definition) is 4. The number of anilines is 1. The van der Waals surface area contributed by atoms with Crippen molar-refractivity contribution >= 4 is 24.2 Å². The van der Waals surface area contributed by atoms with E-state index in [0.717, 1.165) is 0 Å². The van der Waals surface area contributed by atoms with Crippen LogP contribution in [-0.4, -0.2) is 28.2 Å². The zero-order valence-corrected chi connectivity index (χ0v) is 9.47. The molecular formula is C11H14BNO4. The van der Waals surface area contributed by atoms with Crippen molar-refractivity contribution in [3.05, 3.63) is 35.9 Å². The number of aliphatic hydroxyl groups excluding tert-OH is 1. The minimum Gasteiger partial charge on any atom is -0.423 e. The molecule has 0 spiro atoms. The van der Waals surface area contributed by atoms with Crippen LogP contribution in [0.3, 0.4) is 0 Å². The molecule has 1 aromatic carbocycles. The van der Waals surface area contributed by atoms with Gasteiger partial charge in [0.05, 0.1) is 6.61 Å². The number of rotatable bonds is 4. The highest BCUT2D eigenvalue weighted by molar-refractivity contribution is 6.59. The molecule has 6 heteroatoms. The van der Waals surface area contributed by atoms with Gasteiger partial charge in [-0.05, 0) is 30.1 Å². The predicted molar refractivity (Wildman–Crippen MR) is 65.6 cm³/mol. The molecule has 0 aliphatic heterocycles. The van der Waals surface area contributed by atoms with E-state index >= 15 is 0 Å². The van der Waals surface area contributed by atoms with E-state index in [2.05, 4.69) is 11.9 Å². The van der Waals surface area contributed by atoms with Gasteiger partial charge in [0.15, 0.2) is 0 Å². The summed E-state index contributed by atoms with van der Waals surface area (Å²) < 4.78 is 0. The number of carbonyl (C=O) groups is 1. The van der Waals surface area contributed by atoms with Crippen LogP contribution in [0.1, 0.15) is 12.5 Å². The van der Waals surface area contributed by atoms with E-state index in [0.29, 0.717) is 16.8 Å². The van der Waals surface area contributed by atoms with Gasteiger partial charge in [0.2, 0.25) is 0 Å². The third-order valence-corrected chi connectivity index (χ3v) is 2.24. The fraction of sp³-hybridized carbons (Fsp3) is 0.182. The second-order valence-corrected chi connectivity index (χ2v) is 3.68. The van der Waals surface area contributed by atoms with Gasteiger partial charge < -0.3 is 20.5 Å². The number of hydrogen-bond donors (Lipinski definition) is 4. The smallest absolute Gasteiger partial charge is 0.423 e. The van der Waals surface area contributed by atoms with Crippen LogP contribution in [0.25, 0.3) is 0 Å². The minimum atomic E-state index is -1.70. The van der Waals surface area contributed by atoms with Crippen LogP contribution in [0.4, 0.5) is 5.69 Å². The van der Waals surface area contributed by atoms with Crippen LogP contribution in [0.5, 0.6) is 0 Å². The summed E-state index contributed by atoms with van der Waals surface area (Å²) >= 11 is 0. The zero-order chi connectivity index (χ0) is 13.0. The van der Waals surface area contributed by atoms with Crippen LogP contribution in [-0.2, 0) is 11.4 Å². The second kappa shape index (κ2) is 5.63. The van der Waals surface area contributed by atoms with E-state index in [1.807, 2.05) is 0 Å². The molecule has 90 valence electrons. The molecule has 0 atom stereocenters. The van der Waals surface area contributed by atoms with Gasteiger partial charge in [-0.1, -0.05) is 12.6 Å². The van der Waals surface area contributed by atoms with E-state index < -0.39 is 7.12 Å². The average Bonchev–Trinajstić information content (AvgIpc) is 2.28. The number of nitrogens with one attached hydrogen (secondary N) is 1. The van der Waals surface area contributed by atoms with Gasteiger partial charge in [-0.3, -0.25) is 4.79 Å². The first-order chi connectivity index (χ1) is 7.95. The fourth-order valence-corrected chi connectivity index (χ4v) is 1.29. The molecule has 17 heavy (non-hydrogen) atoms. The Morgan fingerprint density at radius 3 is 2.59 bits per heavy atom. The molecule has 0 aliphatic carbocycles. The first-order valence-electron chi connectivity index (χ1n) is 5.02. The summed E-state index contributed by atoms with van der Waals surface area (Å²) in [5.41, 5.74) is 1.32. The summed E-state index contributed by atoms with van der Waals surface area (Å²) in [6.45, 7) is 4.76. The summed E-state index contributed by atoms with van der Waals surface area (Å²) in [4.78, 5) is 11.4. The molecule has 1 aromatic rings. The van der Waals surface area contributed by atoms with Gasteiger partial charge in [0, 0.05) is 11.3 Å². The SMILES string of the molecule is C=C(C)C(=O)Nc1ccc(CO)c(B(O)O)c1. The summed E-state index contributed by atoms with van der Waals surface area (Å²) in [6, 6.07) is 4.48. The van der Waals surface area contributed by atoms with Gasteiger partial charge in [-0.2, -0.15) is 0 Å². The lowest BCUT2D eigenvalue weighted by molar-refractivity contribution is -0.112. The lowest BCUT2D eigenvalue weighted by Crippen LogP contribution is -2.33. The van der Waals surface area contributed by atoms with Gasteiger partial charge in [0.25, 0.3) is 5.91 Å². The van der Waals surface area contributed by atoms with Crippen molar-refractivity contribution in [3.8, 4) is 0 Å². The van der Waals surface area contributed by atoms with Gasteiger partial charge in [-0.25, -0.2) is 0 Å². The maximum atomic E-state index is 11.4. The first-order valence-corrected chi connectivity index (χ1v) is 5.02. The zero-order valence-electron chi connectivity index (χ0n) is 9.47. The Morgan fingerprint density at radius 1 is 1.47 bits per heavy atom. The standard InChI is InChI=1S/C11H14BNO4/c1-7(2)11(15)13-9-4-3-8(6-14)10(5-9)12(16)17/h3-5,14,16-17H,1,6H2,2H3,(H,13,15). The maximum Gasteiger partial charge on any atom is 0.488 e. The van der Waals surface area contributed by atoms with Gasteiger partial charge in [-0.15, -0.1) is 0 Å². The molecule has 5 nitrogen and oxygen atoms in total. The number of amides is 1. The highest BCUT2D eigenvalue weighted by atomic mass is 16.4. The van der Waals surface area contributed by atoms with Crippen LogP contribution < -0.4 is 10.8 Å². The first kappa shape index (κ1) is 13.4. The van der Waals surface area contributed by atoms with Gasteiger partial charge >= 0.3 is 7.12 Å². The normalized spacial score (nSPS) is 9.88. The fourth-order valence-electron chi connectivity index (χ4n) is 1.29. The van der Waals surface area contributed by atoms with Crippen molar-refractivity contribution in [1.29, 1.82) is 0 Å². The monoisotopic (exact) mass is 235 g/mol. The predicted octanol–water partition coefficient (Wildman–Crippen LogP) is -0.627. The molecule has 0 radical (unpaired) electrons. The molecule has 0 fully saturated rings. The Kier molecular flexibility index (Phi) is 4.45. The summed E-state index contributed by atoms with van der Waals surface area (Å²) in [7, 11) is -1.70. The van der Waals surface area contributed by atoms with Crippen molar-refractivity contribution < 1.29 is 19.9 Å². The van der Waals surface area contributed by atoms with Crippen LogP contribution >= 0.6 is 0 Å². The highest BCUT2D eigenvalue weighted by Gasteiger charge is 2.16. The quantitative estimate of drug-likeness (QED) is 0.413. The lowest BCUT2D eigenvalue weighted by atomic mass is 9.77. The van der Waals surface area contributed by atoms with E-state index in [1.54, 1.807) is 13.0 Å². The maximum absolute atomic E-state index is 11.4. The van der Waals surface area contributed by atoms with Gasteiger partial charge in [0.1, 0.15) is 0 Å². The Morgan fingerprint density at radius 2 is 2.12 bits per heavy atom. The molecular weight excluding hydrogens is 221 g/mol. The molecule has 0 bridgehead atoms. The van der Waals surface area contributed by atoms with E-state index in [-0.39, 0.29) is 18.0 Å². The Balaban J connectivity index is 3.00. The Hall–Kier alpha value is -1.63. The van der Waals surface area contributed by atoms with E-state index in [1.165, 1.54) is 12.1 Å². The minimum absolute atomic E-state index is 0.159. The number of carbonyl (C=O) groups excluding carboxylic acids is 1. The molecule has 0 saturated carbocycles. The Bertz CT molecular complexity index is 445. The summed E-state index contributed by atoms with van der Waals surface area (Å²) in [6.07, 6.45) is 0. The van der Waals surface area contributed by atoms with Crippen LogP contribution in [0.15, 0.2) is 30.4 Å². The molecule has 1 amide bonds. The third kappa shape index (κ3) is 3.42. The highest BCUT2D eigenvalue weighted by Crippen LogP contribution is 2.09. The van der Waals surface area contributed by atoms with Crippen molar-refractivity contribution in [1.82, 2.24) is 0 Å². The van der Waals surface area contributed by atoms with Crippen molar-refractivity contribution in [2.24, 2.45) is 0 Å². The molecule has 1 rings (SSSR count). The van der Waals surface area contributed by atoms with Crippen LogP contribution in [0, 0.1) is 0 Å². The molecule has 0 saturated heterocycles. The third-order valence-electron chi connectivity index (χ3n) is 2.24. The number of benzene rings is 1. The second-order valence-electron chi connectivity index (χ2n) is 3.68. The summed E-state index contributed by atoms with van der Waals surface area (Å²) in [5.74, 6) is -0.347. The Labute approximate surface area is 99.6 Å².